The van der Waals surface area contributed by atoms with E-state index in [1.165, 1.54) is 6.07 Å². The van der Waals surface area contributed by atoms with Gasteiger partial charge in [-0.1, -0.05) is 41.4 Å². The Labute approximate surface area is 167 Å². The van der Waals surface area contributed by atoms with Crippen LogP contribution in [0.5, 0.6) is 0 Å². The first kappa shape index (κ1) is 19.7. The summed E-state index contributed by atoms with van der Waals surface area (Å²) in [6.45, 7) is 1.98. The molecule has 0 aromatic heterocycles. The van der Waals surface area contributed by atoms with Crippen molar-refractivity contribution in [1.82, 2.24) is 10.0 Å². The molecule has 6 nitrogen and oxygen atoms in total. The number of carbonyl (C=O) groups excluding carboxylic acids is 1. The van der Waals surface area contributed by atoms with E-state index in [4.69, 9.17) is 23.2 Å². The van der Waals surface area contributed by atoms with Gasteiger partial charge in [0.25, 0.3) is 10.0 Å². The van der Waals surface area contributed by atoms with Crippen molar-refractivity contribution in [1.29, 1.82) is 0 Å². The summed E-state index contributed by atoms with van der Waals surface area (Å²) in [4.78, 5) is 16.7. The molecule has 9 heteroatoms. The van der Waals surface area contributed by atoms with E-state index in [0.29, 0.717) is 28.6 Å². The summed E-state index contributed by atoms with van der Waals surface area (Å²) in [7, 11) is -3.63. The van der Waals surface area contributed by atoms with Gasteiger partial charge in [0.05, 0.1) is 4.90 Å². The van der Waals surface area contributed by atoms with Crippen LogP contribution in [0.1, 0.15) is 18.1 Å². The molecule has 1 aliphatic rings. The van der Waals surface area contributed by atoms with Crippen molar-refractivity contribution >= 4 is 45.0 Å². The van der Waals surface area contributed by atoms with E-state index in [0.717, 1.165) is 5.56 Å². The lowest BCUT2D eigenvalue weighted by Gasteiger charge is -2.10. The lowest BCUT2D eigenvalue weighted by atomic mass is 10.1. The number of hydrogen-bond acceptors (Lipinski definition) is 4. The maximum Gasteiger partial charge on any atom is 0.263 e. The molecule has 27 heavy (non-hydrogen) atoms. The second kappa shape index (κ2) is 7.88. The van der Waals surface area contributed by atoms with E-state index < -0.39 is 16.1 Å². The molecule has 0 saturated carbocycles. The number of nitrogens with zero attached hydrogens (tertiary/aromatic N) is 1. The topological polar surface area (TPSA) is 87.6 Å². The van der Waals surface area contributed by atoms with Crippen LogP contribution in [0.2, 0.25) is 10.0 Å². The Morgan fingerprint density at radius 3 is 2.70 bits per heavy atom. The van der Waals surface area contributed by atoms with Gasteiger partial charge in [0.2, 0.25) is 5.91 Å². The smallest absolute Gasteiger partial charge is 0.263 e. The number of amides is 1. The van der Waals surface area contributed by atoms with Gasteiger partial charge in [0.1, 0.15) is 11.9 Å². The van der Waals surface area contributed by atoms with Gasteiger partial charge >= 0.3 is 0 Å². The molecular weight excluding hydrogens is 409 g/mol. The number of nitrogens with one attached hydrogen (secondary N) is 2. The van der Waals surface area contributed by atoms with Crippen LogP contribution in [0.3, 0.4) is 0 Å². The molecule has 1 heterocycles. The third-order valence-corrected chi connectivity index (χ3v) is 6.06. The number of fused-ring (bicyclic) bond motifs is 1. The Morgan fingerprint density at radius 1 is 1.22 bits per heavy atom. The Kier molecular flexibility index (Phi) is 5.74. The summed E-state index contributed by atoms with van der Waals surface area (Å²) < 4.78 is 26.6. The van der Waals surface area contributed by atoms with E-state index in [2.05, 4.69) is 15.0 Å². The van der Waals surface area contributed by atoms with Crippen LogP contribution in [-0.4, -0.2) is 32.7 Å². The minimum Gasteiger partial charge on any atom is -0.354 e. The van der Waals surface area contributed by atoms with Gasteiger partial charge in [-0.05, 0) is 43.2 Å². The van der Waals surface area contributed by atoms with Crippen LogP contribution in [0.15, 0.2) is 52.4 Å². The van der Waals surface area contributed by atoms with Crippen LogP contribution >= 0.6 is 23.2 Å². The quantitative estimate of drug-likeness (QED) is 0.771. The summed E-state index contributed by atoms with van der Waals surface area (Å²) >= 11 is 12.0. The minimum absolute atomic E-state index is 0.161. The zero-order valence-corrected chi connectivity index (χ0v) is 16.7. The lowest BCUT2D eigenvalue weighted by molar-refractivity contribution is -0.121. The average Bonchev–Trinajstić information content (AvgIpc) is 2.87. The van der Waals surface area contributed by atoms with E-state index in [-0.39, 0.29) is 16.6 Å². The predicted molar refractivity (Wildman–Crippen MR) is 106 cm³/mol. The minimum atomic E-state index is -3.63. The molecule has 0 spiro atoms. The van der Waals surface area contributed by atoms with Crippen LogP contribution in [0, 0.1) is 0 Å². The predicted octanol–water partition coefficient (Wildman–Crippen LogP) is 2.78. The Balaban J connectivity index is 1.64. The van der Waals surface area contributed by atoms with Crippen molar-refractivity contribution in [3.63, 3.8) is 0 Å². The van der Waals surface area contributed by atoms with Gasteiger partial charge in [-0.2, -0.15) is 0 Å². The Bertz CT molecular complexity index is 1020. The SMILES string of the molecule is C[C@H](N=C1NS(=O)(=O)c2ccccc21)C(=O)NCCc1ccc(Cl)cc1Cl. The number of hydrogen-bond donors (Lipinski definition) is 2. The van der Waals surface area contributed by atoms with Gasteiger partial charge in [-0.15, -0.1) is 0 Å². The first-order chi connectivity index (χ1) is 12.8. The molecule has 0 aliphatic carbocycles. The van der Waals surface area contributed by atoms with Gasteiger partial charge in [0, 0.05) is 22.2 Å². The molecule has 0 saturated heterocycles. The number of sulfonamides is 1. The summed E-state index contributed by atoms with van der Waals surface area (Å²) in [5.41, 5.74) is 1.34. The molecule has 2 aromatic rings. The molecule has 0 bridgehead atoms. The number of carbonyl (C=O) groups is 1. The van der Waals surface area contributed by atoms with Crippen molar-refractivity contribution < 1.29 is 13.2 Å². The highest BCUT2D eigenvalue weighted by molar-refractivity contribution is 7.90. The van der Waals surface area contributed by atoms with E-state index in [1.807, 2.05) is 6.07 Å². The molecule has 1 atom stereocenters. The fourth-order valence-corrected chi connectivity index (χ4v) is 4.42. The van der Waals surface area contributed by atoms with E-state index >= 15 is 0 Å². The summed E-state index contributed by atoms with van der Waals surface area (Å²) in [6.07, 6.45) is 0.542. The number of aliphatic imine (C=N–C) groups is 1. The van der Waals surface area contributed by atoms with Gasteiger partial charge in [-0.3, -0.25) is 14.5 Å². The number of benzene rings is 2. The van der Waals surface area contributed by atoms with E-state index in [9.17, 15) is 13.2 Å². The third-order valence-electron chi connectivity index (χ3n) is 4.07. The summed E-state index contributed by atoms with van der Waals surface area (Å²) in [6, 6.07) is 11.0. The highest BCUT2D eigenvalue weighted by Gasteiger charge is 2.31. The highest BCUT2D eigenvalue weighted by Crippen LogP contribution is 2.23. The summed E-state index contributed by atoms with van der Waals surface area (Å²) in [5, 5.41) is 3.87. The molecule has 2 N–H and O–H groups in total. The monoisotopic (exact) mass is 425 g/mol. The maximum atomic E-state index is 12.3. The summed E-state index contributed by atoms with van der Waals surface area (Å²) in [5.74, 6) is -0.134. The number of rotatable bonds is 5. The molecule has 0 unspecified atom stereocenters. The lowest BCUT2D eigenvalue weighted by Crippen LogP contribution is -2.35. The average molecular weight is 426 g/mol. The Morgan fingerprint density at radius 2 is 1.96 bits per heavy atom. The fourth-order valence-electron chi connectivity index (χ4n) is 2.67. The molecule has 3 rings (SSSR count). The highest BCUT2D eigenvalue weighted by atomic mass is 35.5. The van der Waals surface area contributed by atoms with Crippen molar-refractivity contribution in [2.45, 2.75) is 24.3 Å². The molecule has 0 radical (unpaired) electrons. The van der Waals surface area contributed by atoms with Crippen LogP contribution in [-0.2, 0) is 21.2 Å². The van der Waals surface area contributed by atoms with Gasteiger partial charge in [0.15, 0.2) is 0 Å². The molecule has 142 valence electrons. The van der Waals surface area contributed by atoms with Crippen molar-refractivity contribution in [2.24, 2.45) is 4.99 Å². The second-order valence-corrected chi connectivity index (χ2v) is 8.53. The Hall–Kier alpha value is -2.09. The number of amidine groups is 1. The molecule has 1 amide bonds. The zero-order valence-electron chi connectivity index (χ0n) is 14.4. The largest absolute Gasteiger partial charge is 0.354 e. The van der Waals surface area contributed by atoms with Crippen LogP contribution in [0.4, 0.5) is 0 Å². The first-order valence-corrected chi connectivity index (χ1v) is 10.4. The maximum absolute atomic E-state index is 12.3. The zero-order chi connectivity index (χ0) is 19.6. The molecule has 1 aliphatic heterocycles. The van der Waals surface area contributed by atoms with Crippen molar-refractivity contribution in [2.75, 3.05) is 6.54 Å². The molecule has 0 fully saturated rings. The molecule has 2 aromatic carbocycles. The first-order valence-electron chi connectivity index (χ1n) is 8.19. The van der Waals surface area contributed by atoms with Crippen LogP contribution in [0.25, 0.3) is 0 Å². The van der Waals surface area contributed by atoms with Crippen LogP contribution < -0.4 is 10.0 Å². The van der Waals surface area contributed by atoms with Gasteiger partial charge in [-0.25, -0.2) is 8.42 Å². The van der Waals surface area contributed by atoms with Gasteiger partial charge < -0.3 is 5.32 Å². The van der Waals surface area contributed by atoms with Crippen molar-refractivity contribution in [3.8, 4) is 0 Å². The van der Waals surface area contributed by atoms with Crippen molar-refractivity contribution in [3.05, 3.63) is 63.6 Å². The molecular formula is C18H17Cl2N3O3S. The van der Waals surface area contributed by atoms with E-state index in [1.54, 1.807) is 37.3 Å². The standard InChI is InChI=1S/C18H17Cl2N3O3S/c1-11(18(24)21-9-8-12-6-7-13(19)10-15(12)20)22-17-14-4-2-3-5-16(14)27(25,26)23-17/h2-7,10-11H,8-9H2,1H3,(H,21,24)(H,22,23)/t11-/m0/s1. The third kappa shape index (κ3) is 4.43. The number of halogens is 2. The second-order valence-electron chi connectivity index (χ2n) is 6.03. The normalized spacial score (nSPS) is 17.2. The fraction of sp³-hybridized carbons (Fsp3) is 0.222.